The molecule has 1 unspecified atom stereocenters. The largest absolute Gasteiger partial charge is 0.481 e. The second kappa shape index (κ2) is 5.42. The smallest absolute Gasteiger partial charge is 0.305 e. The molecule has 0 saturated heterocycles. The van der Waals surface area contributed by atoms with E-state index in [2.05, 4.69) is 17.1 Å². The normalized spacial score (nSPS) is 12.4. The van der Waals surface area contributed by atoms with Crippen molar-refractivity contribution in [2.45, 2.75) is 12.5 Å². The average Bonchev–Trinajstić information content (AvgIpc) is 2.95. The minimum Gasteiger partial charge on any atom is -0.481 e. The van der Waals surface area contributed by atoms with Crippen LogP contribution < -0.4 is 5.73 Å². The standard InChI is InChI=1S/C17H16N2O2/c18-15(10-16(20)21)12-6-4-11(5-7-12)14-3-1-2-13-8-9-19-17(13)14/h1-9,15,19H,10,18H2,(H,20,21). The number of para-hydroxylation sites is 1. The Balaban J connectivity index is 1.94. The van der Waals surface area contributed by atoms with E-state index in [1.54, 1.807) is 0 Å². The minimum atomic E-state index is -0.886. The molecule has 2 aromatic carbocycles. The maximum Gasteiger partial charge on any atom is 0.305 e. The van der Waals surface area contributed by atoms with E-state index in [-0.39, 0.29) is 6.42 Å². The quantitative estimate of drug-likeness (QED) is 0.686. The van der Waals surface area contributed by atoms with Crippen LogP contribution in [0.15, 0.2) is 54.7 Å². The van der Waals surface area contributed by atoms with E-state index in [0.29, 0.717) is 0 Å². The number of aromatic nitrogens is 1. The first-order valence-corrected chi connectivity index (χ1v) is 6.79. The van der Waals surface area contributed by atoms with E-state index in [4.69, 9.17) is 10.8 Å². The zero-order chi connectivity index (χ0) is 14.8. The number of nitrogens with one attached hydrogen (secondary N) is 1. The number of aromatic amines is 1. The Bertz CT molecular complexity index is 775. The van der Waals surface area contributed by atoms with Crippen LogP contribution >= 0.6 is 0 Å². The van der Waals surface area contributed by atoms with Crippen LogP contribution in [0.3, 0.4) is 0 Å². The lowest BCUT2D eigenvalue weighted by Gasteiger charge is -2.10. The Morgan fingerprint density at radius 2 is 1.90 bits per heavy atom. The maximum atomic E-state index is 10.7. The predicted molar refractivity (Wildman–Crippen MR) is 82.9 cm³/mol. The van der Waals surface area contributed by atoms with E-state index < -0.39 is 12.0 Å². The van der Waals surface area contributed by atoms with Gasteiger partial charge in [-0.3, -0.25) is 4.79 Å². The van der Waals surface area contributed by atoms with Gasteiger partial charge in [0.25, 0.3) is 0 Å². The topological polar surface area (TPSA) is 79.1 Å². The van der Waals surface area contributed by atoms with Crippen LogP contribution in [0.1, 0.15) is 18.0 Å². The molecule has 0 spiro atoms. The molecule has 0 radical (unpaired) electrons. The SMILES string of the molecule is NC(CC(=O)O)c1ccc(-c2cccc3cc[nH]c23)cc1. The third-order valence-electron chi connectivity index (χ3n) is 3.63. The van der Waals surface area contributed by atoms with Crippen LogP contribution in [0.2, 0.25) is 0 Å². The first-order chi connectivity index (χ1) is 10.1. The van der Waals surface area contributed by atoms with Crippen LogP contribution in [-0.2, 0) is 4.79 Å². The number of benzene rings is 2. The summed E-state index contributed by atoms with van der Waals surface area (Å²) in [6.07, 6.45) is 1.86. The number of nitrogens with two attached hydrogens (primary N) is 1. The van der Waals surface area contributed by atoms with Crippen molar-refractivity contribution in [3.05, 3.63) is 60.3 Å². The molecule has 1 aromatic heterocycles. The minimum absolute atomic E-state index is 0.0639. The molecule has 0 aliphatic heterocycles. The van der Waals surface area contributed by atoms with Gasteiger partial charge in [0, 0.05) is 17.8 Å². The van der Waals surface area contributed by atoms with Crippen LogP contribution in [0.25, 0.3) is 22.0 Å². The number of fused-ring (bicyclic) bond motifs is 1. The molecular weight excluding hydrogens is 264 g/mol. The molecule has 21 heavy (non-hydrogen) atoms. The maximum absolute atomic E-state index is 10.7. The van der Waals surface area contributed by atoms with E-state index in [0.717, 1.165) is 22.2 Å². The predicted octanol–water partition coefficient (Wildman–Crippen LogP) is 3.31. The van der Waals surface area contributed by atoms with Crippen molar-refractivity contribution in [3.63, 3.8) is 0 Å². The summed E-state index contributed by atoms with van der Waals surface area (Å²) in [5, 5.41) is 9.95. The lowest BCUT2D eigenvalue weighted by atomic mass is 9.98. The molecule has 0 saturated carbocycles. The summed E-state index contributed by atoms with van der Waals surface area (Å²) < 4.78 is 0. The van der Waals surface area contributed by atoms with Crippen molar-refractivity contribution < 1.29 is 9.90 Å². The summed E-state index contributed by atoms with van der Waals surface area (Å²) in [5.41, 5.74) is 10.0. The summed E-state index contributed by atoms with van der Waals surface area (Å²) in [6, 6.07) is 15.5. The van der Waals surface area contributed by atoms with Crippen molar-refractivity contribution in [1.29, 1.82) is 0 Å². The van der Waals surface area contributed by atoms with Gasteiger partial charge >= 0.3 is 5.97 Å². The average molecular weight is 280 g/mol. The monoisotopic (exact) mass is 280 g/mol. The van der Waals surface area contributed by atoms with Gasteiger partial charge in [-0.1, -0.05) is 42.5 Å². The molecule has 3 aromatic rings. The highest BCUT2D eigenvalue weighted by molar-refractivity contribution is 5.94. The van der Waals surface area contributed by atoms with Crippen molar-refractivity contribution >= 4 is 16.9 Å². The molecule has 0 amide bonds. The number of rotatable bonds is 4. The van der Waals surface area contributed by atoms with Gasteiger partial charge in [0.1, 0.15) is 0 Å². The van der Waals surface area contributed by atoms with Crippen molar-refractivity contribution in [3.8, 4) is 11.1 Å². The molecule has 4 N–H and O–H groups in total. The fraction of sp³-hybridized carbons (Fsp3) is 0.118. The number of carboxylic acid groups (broad SMARTS) is 1. The van der Waals surface area contributed by atoms with Gasteiger partial charge in [-0.15, -0.1) is 0 Å². The molecule has 106 valence electrons. The summed E-state index contributed by atoms with van der Waals surface area (Å²) >= 11 is 0. The van der Waals surface area contributed by atoms with Crippen LogP contribution in [0.5, 0.6) is 0 Å². The van der Waals surface area contributed by atoms with Crippen LogP contribution in [0, 0.1) is 0 Å². The van der Waals surface area contributed by atoms with Crippen molar-refractivity contribution in [2.24, 2.45) is 5.73 Å². The lowest BCUT2D eigenvalue weighted by molar-refractivity contribution is -0.137. The molecule has 0 bridgehead atoms. The number of hydrogen-bond acceptors (Lipinski definition) is 2. The van der Waals surface area contributed by atoms with Crippen LogP contribution in [-0.4, -0.2) is 16.1 Å². The Labute approximate surface area is 122 Å². The number of hydrogen-bond donors (Lipinski definition) is 3. The van der Waals surface area contributed by atoms with Crippen LogP contribution in [0.4, 0.5) is 0 Å². The zero-order valence-corrected chi connectivity index (χ0v) is 11.4. The van der Waals surface area contributed by atoms with E-state index in [1.807, 2.05) is 42.6 Å². The highest BCUT2D eigenvalue weighted by atomic mass is 16.4. The van der Waals surface area contributed by atoms with Gasteiger partial charge in [0.15, 0.2) is 0 Å². The molecule has 0 fully saturated rings. The summed E-state index contributed by atoms with van der Waals surface area (Å²) in [6.45, 7) is 0. The Morgan fingerprint density at radius 3 is 2.62 bits per heavy atom. The number of carboxylic acids is 1. The second-order valence-corrected chi connectivity index (χ2v) is 5.07. The van der Waals surface area contributed by atoms with Gasteiger partial charge in [-0.25, -0.2) is 0 Å². The summed E-state index contributed by atoms with van der Waals surface area (Å²) in [7, 11) is 0. The fourth-order valence-electron chi connectivity index (χ4n) is 2.54. The van der Waals surface area contributed by atoms with Gasteiger partial charge in [0.05, 0.1) is 11.9 Å². The van der Waals surface area contributed by atoms with Gasteiger partial charge in [0.2, 0.25) is 0 Å². The Morgan fingerprint density at radius 1 is 1.14 bits per heavy atom. The summed E-state index contributed by atoms with van der Waals surface area (Å²) in [5.74, 6) is -0.886. The highest BCUT2D eigenvalue weighted by Crippen LogP contribution is 2.28. The Kier molecular flexibility index (Phi) is 3.46. The van der Waals surface area contributed by atoms with E-state index in [9.17, 15) is 4.79 Å². The highest BCUT2D eigenvalue weighted by Gasteiger charge is 2.11. The van der Waals surface area contributed by atoms with E-state index >= 15 is 0 Å². The number of aliphatic carboxylic acids is 1. The number of H-pyrrole nitrogens is 1. The third-order valence-corrected chi connectivity index (χ3v) is 3.63. The second-order valence-electron chi connectivity index (χ2n) is 5.07. The zero-order valence-electron chi connectivity index (χ0n) is 11.4. The van der Waals surface area contributed by atoms with Gasteiger partial charge in [-0.05, 0) is 22.6 Å². The molecule has 4 nitrogen and oxygen atoms in total. The third kappa shape index (κ3) is 2.66. The lowest BCUT2D eigenvalue weighted by Crippen LogP contribution is -2.14. The molecule has 1 atom stereocenters. The van der Waals surface area contributed by atoms with E-state index in [1.165, 1.54) is 5.39 Å². The molecule has 4 heteroatoms. The molecule has 0 aliphatic rings. The van der Waals surface area contributed by atoms with Crippen molar-refractivity contribution in [2.75, 3.05) is 0 Å². The molecular formula is C17H16N2O2. The first kappa shape index (κ1) is 13.4. The first-order valence-electron chi connectivity index (χ1n) is 6.79. The van der Waals surface area contributed by atoms with Gasteiger partial charge in [-0.2, -0.15) is 0 Å². The summed E-state index contributed by atoms with van der Waals surface area (Å²) in [4.78, 5) is 14.0. The molecule has 0 aliphatic carbocycles. The molecule has 1 heterocycles. The fourth-order valence-corrected chi connectivity index (χ4v) is 2.54. The van der Waals surface area contributed by atoms with Crippen molar-refractivity contribution in [1.82, 2.24) is 4.98 Å². The van der Waals surface area contributed by atoms with Gasteiger partial charge < -0.3 is 15.8 Å². The number of carbonyl (C=O) groups is 1. The molecule has 3 rings (SSSR count). The Hall–Kier alpha value is -2.59.